The van der Waals surface area contributed by atoms with E-state index in [0.29, 0.717) is 36.5 Å². The van der Waals surface area contributed by atoms with Crippen LogP contribution in [0.2, 0.25) is 5.02 Å². The molecule has 0 aliphatic carbocycles. The zero-order valence-electron chi connectivity index (χ0n) is 13.6. The van der Waals surface area contributed by atoms with Crippen molar-refractivity contribution >= 4 is 23.1 Å². The van der Waals surface area contributed by atoms with E-state index in [1.165, 1.54) is 0 Å². The van der Waals surface area contributed by atoms with Gasteiger partial charge in [0.05, 0.1) is 12.6 Å². The Balaban J connectivity index is 2.01. The van der Waals surface area contributed by atoms with Crippen molar-refractivity contribution < 1.29 is 14.8 Å². The third-order valence-corrected chi connectivity index (χ3v) is 5.09. The summed E-state index contributed by atoms with van der Waals surface area (Å²) in [5, 5.41) is 13.8. The van der Waals surface area contributed by atoms with E-state index in [2.05, 4.69) is 0 Å². The summed E-state index contributed by atoms with van der Waals surface area (Å²) in [5.74, 6) is -0.343. The van der Waals surface area contributed by atoms with Gasteiger partial charge in [0, 0.05) is 23.7 Å². The van der Waals surface area contributed by atoms with Crippen LogP contribution >= 0.6 is 11.6 Å². The van der Waals surface area contributed by atoms with Crippen molar-refractivity contribution in [1.82, 2.24) is 10.1 Å². The predicted octanol–water partition coefficient (Wildman–Crippen LogP) is 2.97. The zero-order valence-corrected chi connectivity index (χ0v) is 14.4. The van der Waals surface area contributed by atoms with Crippen LogP contribution in [0.15, 0.2) is 18.2 Å². The van der Waals surface area contributed by atoms with Gasteiger partial charge in [-0.25, -0.2) is 5.06 Å². The number of nitrogens with zero attached hydrogens (tertiary/aromatic N) is 2. The lowest BCUT2D eigenvalue weighted by atomic mass is 9.87. The van der Waals surface area contributed by atoms with E-state index >= 15 is 0 Å². The fourth-order valence-electron chi connectivity index (χ4n) is 3.63. The lowest BCUT2D eigenvalue weighted by Crippen LogP contribution is -2.51. The minimum atomic E-state index is -0.639. The molecule has 0 saturated carbocycles. The van der Waals surface area contributed by atoms with Crippen LogP contribution < -0.4 is 0 Å². The lowest BCUT2D eigenvalue weighted by Gasteiger charge is -2.39. The maximum absolute atomic E-state index is 12.6. The van der Waals surface area contributed by atoms with Crippen molar-refractivity contribution in [3.8, 4) is 0 Å². The molecule has 0 radical (unpaired) electrons. The molecule has 0 bridgehead atoms. The van der Waals surface area contributed by atoms with Gasteiger partial charge in [0.15, 0.2) is 0 Å². The normalized spacial score (nSPS) is 21.2. The molecule has 2 heterocycles. The van der Waals surface area contributed by atoms with Crippen LogP contribution in [-0.2, 0) is 9.63 Å². The highest BCUT2D eigenvalue weighted by Crippen LogP contribution is 2.41. The third kappa shape index (κ3) is 2.68. The van der Waals surface area contributed by atoms with E-state index < -0.39 is 5.54 Å². The molecule has 23 heavy (non-hydrogen) atoms. The van der Waals surface area contributed by atoms with Gasteiger partial charge in [0.25, 0.3) is 5.91 Å². The minimum Gasteiger partial charge on any atom is -0.302 e. The summed E-state index contributed by atoms with van der Waals surface area (Å²) in [5.41, 5.74) is 2.67. The average molecular weight is 337 g/mol. The summed E-state index contributed by atoms with van der Waals surface area (Å²) in [6, 6.07) is 3.69. The van der Waals surface area contributed by atoms with E-state index in [-0.39, 0.29) is 5.91 Å². The average Bonchev–Trinajstić information content (AvgIpc) is 2.73. The molecule has 1 saturated heterocycles. The Kier molecular flexibility index (Phi) is 4.23. The highest BCUT2D eigenvalue weighted by Gasteiger charge is 2.47. The van der Waals surface area contributed by atoms with Crippen LogP contribution in [0.4, 0.5) is 0 Å². The van der Waals surface area contributed by atoms with Gasteiger partial charge in [-0.1, -0.05) is 11.6 Å². The van der Waals surface area contributed by atoms with Crippen LogP contribution in [0.25, 0.3) is 5.57 Å². The molecule has 2 aliphatic rings. The first-order chi connectivity index (χ1) is 10.9. The quantitative estimate of drug-likeness (QED) is 0.844. The summed E-state index contributed by atoms with van der Waals surface area (Å²) < 4.78 is 0. The molecule has 1 spiro atoms. The van der Waals surface area contributed by atoms with Crippen molar-refractivity contribution in [1.29, 1.82) is 0 Å². The standard InChI is InChI=1S/C17H21ClN2O3/c1-11-8-13(18)9-12(2)15(11)14-10-17(20(22)16(14)21)4-6-19(23-3)7-5-17/h8-10,22H,4-7H2,1-3H3. The monoisotopic (exact) mass is 336 g/mol. The Morgan fingerprint density at radius 1 is 1.22 bits per heavy atom. The number of hydroxylamine groups is 4. The first-order valence-corrected chi connectivity index (χ1v) is 8.08. The maximum atomic E-state index is 12.6. The first kappa shape index (κ1) is 16.5. The van der Waals surface area contributed by atoms with Gasteiger partial charge in [0.2, 0.25) is 0 Å². The summed E-state index contributed by atoms with van der Waals surface area (Å²) in [7, 11) is 1.64. The van der Waals surface area contributed by atoms with E-state index in [0.717, 1.165) is 21.8 Å². The van der Waals surface area contributed by atoms with E-state index in [1.807, 2.05) is 37.1 Å². The Morgan fingerprint density at radius 2 is 1.78 bits per heavy atom. The summed E-state index contributed by atoms with van der Waals surface area (Å²) in [6.45, 7) is 5.21. The number of halogens is 1. The summed E-state index contributed by atoms with van der Waals surface area (Å²) in [6.07, 6.45) is 3.20. The van der Waals surface area contributed by atoms with Crippen molar-refractivity contribution in [2.24, 2.45) is 0 Å². The van der Waals surface area contributed by atoms with Gasteiger partial charge in [-0.05, 0) is 61.6 Å². The van der Waals surface area contributed by atoms with E-state index in [4.69, 9.17) is 16.4 Å². The molecule has 1 fully saturated rings. The highest BCUT2D eigenvalue weighted by atomic mass is 35.5. The molecule has 1 amide bonds. The number of carbonyl (C=O) groups is 1. The molecular weight excluding hydrogens is 316 g/mol. The van der Waals surface area contributed by atoms with Gasteiger partial charge in [-0.3, -0.25) is 10.0 Å². The van der Waals surface area contributed by atoms with Gasteiger partial charge in [0.1, 0.15) is 0 Å². The number of hydrogen-bond donors (Lipinski definition) is 1. The molecule has 0 unspecified atom stereocenters. The molecular formula is C17H21ClN2O3. The van der Waals surface area contributed by atoms with Crippen molar-refractivity contribution in [2.45, 2.75) is 32.2 Å². The van der Waals surface area contributed by atoms with Crippen molar-refractivity contribution in [3.63, 3.8) is 0 Å². The largest absolute Gasteiger partial charge is 0.302 e. The number of hydrogen-bond acceptors (Lipinski definition) is 4. The topological polar surface area (TPSA) is 53.0 Å². The Morgan fingerprint density at radius 3 is 2.30 bits per heavy atom. The molecule has 124 valence electrons. The van der Waals surface area contributed by atoms with Crippen LogP contribution in [0.3, 0.4) is 0 Å². The second-order valence-electron chi connectivity index (χ2n) is 6.30. The van der Waals surface area contributed by atoms with Crippen LogP contribution in [0.1, 0.15) is 29.5 Å². The summed E-state index contributed by atoms with van der Waals surface area (Å²) >= 11 is 6.08. The zero-order chi connectivity index (χ0) is 16.8. The molecule has 0 atom stereocenters. The van der Waals surface area contributed by atoms with Gasteiger partial charge < -0.3 is 4.84 Å². The summed E-state index contributed by atoms with van der Waals surface area (Å²) in [4.78, 5) is 17.9. The number of rotatable bonds is 2. The number of aryl methyl sites for hydroxylation is 2. The van der Waals surface area contributed by atoms with Gasteiger partial charge >= 0.3 is 0 Å². The number of piperidine rings is 1. The first-order valence-electron chi connectivity index (χ1n) is 7.70. The molecule has 3 rings (SSSR count). The van der Waals surface area contributed by atoms with Crippen molar-refractivity contribution in [3.05, 3.63) is 39.9 Å². The minimum absolute atomic E-state index is 0.343. The van der Waals surface area contributed by atoms with Crippen molar-refractivity contribution in [2.75, 3.05) is 20.2 Å². The highest BCUT2D eigenvalue weighted by molar-refractivity contribution is 6.31. The molecule has 2 aliphatic heterocycles. The smallest absolute Gasteiger partial charge is 0.278 e. The second kappa shape index (κ2) is 5.91. The molecule has 5 nitrogen and oxygen atoms in total. The predicted molar refractivity (Wildman–Crippen MR) is 88.1 cm³/mol. The lowest BCUT2D eigenvalue weighted by molar-refractivity contribution is -0.203. The molecule has 6 heteroatoms. The third-order valence-electron chi connectivity index (χ3n) is 4.87. The number of carbonyl (C=O) groups excluding carboxylic acids is 1. The molecule has 0 aromatic heterocycles. The fourth-order valence-corrected chi connectivity index (χ4v) is 3.96. The Hall–Kier alpha value is -1.40. The number of amides is 1. The van der Waals surface area contributed by atoms with Crippen LogP contribution in [-0.4, -0.2) is 47.0 Å². The molecule has 1 aromatic rings. The van der Waals surface area contributed by atoms with E-state index in [1.54, 1.807) is 7.11 Å². The van der Waals surface area contributed by atoms with Crippen LogP contribution in [0, 0.1) is 13.8 Å². The fraction of sp³-hybridized carbons (Fsp3) is 0.471. The number of benzene rings is 1. The van der Waals surface area contributed by atoms with E-state index in [9.17, 15) is 10.0 Å². The molecule has 1 N–H and O–H groups in total. The Bertz CT molecular complexity index is 655. The van der Waals surface area contributed by atoms with Crippen LogP contribution in [0.5, 0.6) is 0 Å². The van der Waals surface area contributed by atoms with Gasteiger partial charge in [-0.2, -0.15) is 5.06 Å². The SMILES string of the molecule is CON1CCC2(C=C(c3c(C)cc(Cl)cc3C)C(=O)N2O)CC1. The van der Waals surface area contributed by atoms with Gasteiger partial charge in [-0.15, -0.1) is 0 Å². The maximum Gasteiger partial charge on any atom is 0.278 e. The second-order valence-corrected chi connectivity index (χ2v) is 6.74. The molecule has 1 aromatic carbocycles. The Labute approximate surface area is 141 Å².